The van der Waals surface area contributed by atoms with Crippen LogP contribution < -0.4 is 11.5 Å². The number of hydrogen-bond acceptors (Lipinski definition) is 4. The molecule has 0 fully saturated rings. The minimum atomic E-state index is -0.298. The lowest BCUT2D eigenvalue weighted by molar-refractivity contribution is 0.628. The van der Waals surface area contributed by atoms with E-state index in [9.17, 15) is 4.39 Å². The third-order valence-corrected chi connectivity index (χ3v) is 3.86. The highest BCUT2D eigenvalue weighted by atomic mass is 19.1. The molecule has 5 nitrogen and oxygen atoms in total. The second-order valence-electron chi connectivity index (χ2n) is 5.43. The van der Waals surface area contributed by atoms with Crippen molar-refractivity contribution < 1.29 is 4.39 Å². The van der Waals surface area contributed by atoms with Crippen LogP contribution in [-0.2, 0) is 0 Å². The van der Waals surface area contributed by atoms with Gasteiger partial charge in [0.1, 0.15) is 11.5 Å². The second kappa shape index (κ2) is 5.34. The van der Waals surface area contributed by atoms with E-state index in [2.05, 4.69) is 9.97 Å². The second-order valence-corrected chi connectivity index (χ2v) is 5.43. The Morgan fingerprint density at radius 1 is 0.833 bits per heavy atom. The quantitative estimate of drug-likeness (QED) is 0.555. The Labute approximate surface area is 137 Å². The number of hydrogen-bond donors (Lipinski definition) is 2. The fraction of sp³-hybridized carbons (Fsp3) is 0. The highest BCUT2D eigenvalue weighted by Gasteiger charge is 2.17. The van der Waals surface area contributed by atoms with Gasteiger partial charge in [-0.2, -0.15) is 0 Å². The molecule has 4 aromatic rings. The van der Waals surface area contributed by atoms with Crippen molar-refractivity contribution in [2.75, 3.05) is 11.5 Å². The maximum absolute atomic E-state index is 13.3. The van der Waals surface area contributed by atoms with Crippen LogP contribution in [0.2, 0.25) is 0 Å². The maximum Gasteiger partial charge on any atom is 0.206 e. The van der Waals surface area contributed by atoms with Crippen LogP contribution >= 0.6 is 0 Å². The molecule has 4 N–H and O–H groups in total. The largest absolute Gasteiger partial charge is 0.399 e. The predicted octanol–water partition coefficient (Wildman–Crippen LogP) is 3.37. The molecule has 6 heteroatoms. The molecule has 0 atom stereocenters. The van der Waals surface area contributed by atoms with E-state index in [1.807, 2.05) is 24.3 Å². The number of aromatic nitrogens is 3. The van der Waals surface area contributed by atoms with Gasteiger partial charge in [-0.25, -0.2) is 14.4 Å². The van der Waals surface area contributed by atoms with Crippen molar-refractivity contribution in [1.29, 1.82) is 0 Å². The van der Waals surface area contributed by atoms with Crippen LogP contribution in [0.3, 0.4) is 0 Å². The van der Waals surface area contributed by atoms with Crippen molar-refractivity contribution in [3.63, 3.8) is 0 Å². The minimum Gasteiger partial charge on any atom is -0.399 e. The van der Waals surface area contributed by atoms with Gasteiger partial charge in [-0.15, -0.1) is 0 Å². The van der Waals surface area contributed by atoms with E-state index in [4.69, 9.17) is 11.5 Å². The Bertz CT molecular complexity index is 1020. The van der Waals surface area contributed by atoms with E-state index in [0.29, 0.717) is 17.3 Å². The molecule has 0 amide bonds. The molecule has 0 aliphatic heterocycles. The molecule has 0 aliphatic rings. The summed E-state index contributed by atoms with van der Waals surface area (Å²) < 4.78 is 15.1. The van der Waals surface area contributed by atoms with Crippen molar-refractivity contribution in [3.8, 4) is 22.5 Å². The number of nitrogens with zero attached hydrogens (tertiary/aromatic N) is 3. The van der Waals surface area contributed by atoms with Gasteiger partial charge in [-0.3, -0.25) is 4.40 Å². The summed E-state index contributed by atoms with van der Waals surface area (Å²) in [6.07, 6.45) is 1.61. The molecule has 2 heterocycles. The first-order valence-corrected chi connectivity index (χ1v) is 7.38. The first-order chi connectivity index (χ1) is 11.6. The van der Waals surface area contributed by atoms with Gasteiger partial charge in [-0.05, 0) is 42.5 Å². The third kappa shape index (κ3) is 2.25. The summed E-state index contributed by atoms with van der Waals surface area (Å²) in [5, 5.41) is 0. The number of imidazole rings is 1. The van der Waals surface area contributed by atoms with E-state index in [1.54, 1.807) is 28.8 Å². The molecule has 0 saturated carbocycles. The summed E-state index contributed by atoms with van der Waals surface area (Å²) in [6, 6.07) is 15.4. The van der Waals surface area contributed by atoms with Gasteiger partial charge in [0.2, 0.25) is 5.95 Å². The highest BCUT2D eigenvalue weighted by Crippen LogP contribution is 2.34. The molecule has 0 bridgehead atoms. The Morgan fingerprint density at radius 3 is 2.21 bits per heavy atom. The monoisotopic (exact) mass is 319 g/mol. The van der Waals surface area contributed by atoms with Gasteiger partial charge in [0, 0.05) is 23.0 Å². The van der Waals surface area contributed by atoms with Crippen LogP contribution in [0, 0.1) is 5.82 Å². The van der Waals surface area contributed by atoms with Gasteiger partial charge in [0.15, 0.2) is 0 Å². The molecular weight excluding hydrogens is 305 g/mol. The highest BCUT2D eigenvalue weighted by molar-refractivity contribution is 5.83. The molecular formula is C18H14FN5. The van der Waals surface area contributed by atoms with Crippen LogP contribution in [-0.4, -0.2) is 14.4 Å². The van der Waals surface area contributed by atoms with Gasteiger partial charge >= 0.3 is 0 Å². The Balaban J connectivity index is 2.06. The molecule has 0 radical (unpaired) electrons. The number of nitrogens with two attached hydrogens (primary N) is 2. The van der Waals surface area contributed by atoms with E-state index in [1.165, 1.54) is 12.1 Å². The van der Waals surface area contributed by atoms with Crippen LogP contribution in [0.5, 0.6) is 0 Å². The Hall–Kier alpha value is -3.41. The summed E-state index contributed by atoms with van der Waals surface area (Å²) >= 11 is 0. The summed E-state index contributed by atoms with van der Waals surface area (Å²) in [4.78, 5) is 8.82. The molecule has 0 aliphatic carbocycles. The van der Waals surface area contributed by atoms with Gasteiger partial charge in [-0.1, -0.05) is 12.1 Å². The summed E-state index contributed by atoms with van der Waals surface area (Å²) in [5.74, 6) is 0.0220. The van der Waals surface area contributed by atoms with Crippen LogP contribution in [0.4, 0.5) is 16.0 Å². The average molecular weight is 319 g/mol. The van der Waals surface area contributed by atoms with Crippen LogP contribution in [0.25, 0.3) is 28.2 Å². The van der Waals surface area contributed by atoms with Crippen molar-refractivity contribution in [1.82, 2.24) is 14.4 Å². The fourth-order valence-corrected chi connectivity index (χ4v) is 2.74. The standard InChI is InChI=1S/C18H14FN5/c19-13-5-1-12(2-6-13)17-16(11-3-7-14(20)8-4-11)23-15-9-10-22-18(21)24(15)17/h1-10H,20H2,(H2,21,22). The SMILES string of the molecule is Nc1ccc(-c2nc3ccnc(N)n3c2-c2ccc(F)cc2)cc1. The Morgan fingerprint density at radius 2 is 1.50 bits per heavy atom. The summed E-state index contributed by atoms with van der Waals surface area (Å²) in [7, 11) is 0. The third-order valence-electron chi connectivity index (χ3n) is 3.86. The fourth-order valence-electron chi connectivity index (χ4n) is 2.74. The molecule has 2 aromatic carbocycles. The summed E-state index contributed by atoms with van der Waals surface area (Å²) in [6.45, 7) is 0. The molecule has 24 heavy (non-hydrogen) atoms. The van der Waals surface area contributed by atoms with E-state index >= 15 is 0 Å². The predicted molar refractivity (Wildman–Crippen MR) is 92.6 cm³/mol. The zero-order chi connectivity index (χ0) is 16.7. The zero-order valence-corrected chi connectivity index (χ0v) is 12.6. The number of benzene rings is 2. The topological polar surface area (TPSA) is 82.2 Å². The molecule has 0 unspecified atom stereocenters. The van der Waals surface area contributed by atoms with Crippen molar-refractivity contribution in [2.24, 2.45) is 0 Å². The van der Waals surface area contributed by atoms with E-state index in [0.717, 1.165) is 22.5 Å². The zero-order valence-electron chi connectivity index (χ0n) is 12.6. The van der Waals surface area contributed by atoms with Gasteiger partial charge in [0.05, 0.1) is 11.4 Å². The normalized spacial score (nSPS) is 11.0. The van der Waals surface area contributed by atoms with Crippen molar-refractivity contribution >= 4 is 17.3 Å². The molecule has 0 spiro atoms. The number of rotatable bonds is 2. The van der Waals surface area contributed by atoms with E-state index < -0.39 is 0 Å². The first-order valence-electron chi connectivity index (χ1n) is 7.38. The molecule has 0 saturated heterocycles. The molecule has 118 valence electrons. The number of nitrogen functional groups attached to an aromatic ring is 2. The van der Waals surface area contributed by atoms with Crippen LogP contribution in [0.15, 0.2) is 60.8 Å². The number of fused-ring (bicyclic) bond motifs is 1. The van der Waals surface area contributed by atoms with Crippen molar-refractivity contribution in [3.05, 3.63) is 66.6 Å². The average Bonchev–Trinajstić information content (AvgIpc) is 2.97. The van der Waals surface area contributed by atoms with E-state index in [-0.39, 0.29) is 5.82 Å². The Kier molecular flexibility index (Phi) is 3.16. The minimum absolute atomic E-state index is 0.298. The van der Waals surface area contributed by atoms with Gasteiger partial charge in [0.25, 0.3) is 0 Å². The number of halogens is 1. The van der Waals surface area contributed by atoms with Crippen LogP contribution in [0.1, 0.15) is 0 Å². The maximum atomic E-state index is 13.3. The lowest BCUT2D eigenvalue weighted by Gasteiger charge is -2.07. The number of anilines is 2. The first kappa shape index (κ1) is 14.2. The lowest BCUT2D eigenvalue weighted by atomic mass is 10.0. The lowest BCUT2D eigenvalue weighted by Crippen LogP contribution is -2.01. The smallest absolute Gasteiger partial charge is 0.206 e. The van der Waals surface area contributed by atoms with Crippen molar-refractivity contribution in [2.45, 2.75) is 0 Å². The van der Waals surface area contributed by atoms with Gasteiger partial charge < -0.3 is 11.5 Å². The molecule has 2 aromatic heterocycles. The summed E-state index contributed by atoms with van der Waals surface area (Å²) in [5.41, 5.74) is 16.4. The molecule has 4 rings (SSSR count).